The fourth-order valence-corrected chi connectivity index (χ4v) is 3.15. The molecule has 5 rings (SSSR count). The van der Waals surface area contributed by atoms with E-state index in [-0.39, 0.29) is 0 Å². The Morgan fingerprint density at radius 3 is 2.88 bits per heavy atom. The maximum Gasteiger partial charge on any atom is 0.208 e. The molecule has 3 aliphatic rings. The third-order valence-corrected chi connectivity index (χ3v) is 4.15. The maximum absolute atomic E-state index is 4.63. The van der Waals surface area contributed by atoms with Crippen molar-refractivity contribution in [2.24, 2.45) is 5.92 Å². The van der Waals surface area contributed by atoms with Gasteiger partial charge in [0.2, 0.25) is 5.95 Å². The van der Waals surface area contributed by atoms with E-state index in [1.165, 1.54) is 24.8 Å². The standard InChI is InChI=1S/C13H15N3/c1-9-11-4-2-3-5-16(11)12(14-9)15-13-6-10(7-13)8-13/h2-5,10H,6-8H2,1H3,(H,14,15). The Bertz CT molecular complexity index is 553. The molecule has 3 saturated carbocycles. The molecule has 0 radical (unpaired) electrons. The van der Waals surface area contributed by atoms with E-state index in [9.17, 15) is 0 Å². The van der Waals surface area contributed by atoms with Gasteiger partial charge in [-0.2, -0.15) is 0 Å². The molecule has 3 heteroatoms. The average Bonchev–Trinajstić information content (AvgIpc) is 2.49. The van der Waals surface area contributed by atoms with Crippen LogP contribution in [0.3, 0.4) is 0 Å². The first-order valence-electron chi connectivity index (χ1n) is 5.98. The van der Waals surface area contributed by atoms with Gasteiger partial charge in [-0.3, -0.25) is 4.40 Å². The first-order chi connectivity index (χ1) is 7.76. The number of fused-ring (bicyclic) bond motifs is 1. The summed E-state index contributed by atoms with van der Waals surface area (Å²) in [6.45, 7) is 2.07. The van der Waals surface area contributed by atoms with Crippen LogP contribution in [0.4, 0.5) is 5.95 Å². The highest BCUT2D eigenvalue weighted by molar-refractivity contribution is 5.58. The molecule has 3 nitrogen and oxygen atoms in total. The predicted octanol–water partition coefficient (Wildman–Crippen LogP) is 2.61. The van der Waals surface area contributed by atoms with Crippen molar-refractivity contribution in [3.8, 4) is 0 Å². The summed E-state index contributed by atoms with van der Waals surface area (Å²) in [4.78, 5) is 4.63. The number of hydrogen-bond acceptors (Lipinski definition) is 2. The third kappa shape index (κ3) is 0.958. The molecule has 2 heterocycles. The van der Waals surface area contributed by atoms with Gasteiger partial charge in [-0.15, -0.1) is 0 Å². The number of nitrogens with one attached hydrogen (secondary N) is 1. The van der Waals surface area contributed by atoms with E-state index in [1.807, 2.05) is 0 Å². The third-order valence-electron chi connectivity index (χ3n) is 4.15. The van der Waals surface area contributed by atoms with Crippen LogP contribution in [0.5, 0.6) is 0 Å². The lowest BCUT2D eigenvalue weighted by Crippen LogP contribution is -2.63. The molecule has 0 aliphatic heterocycles. The second-order valence-corrected chi connectivity index (χ2v) is 5.36. The van der Waals surface area contributed by atoms with Crippen LogP contribution in [-0.4, -0.2) is 14.9 Å². The molecule has 0 spiro atoms. The fourth-order valence-electron chi connectivity index (χ4n) is 3.15. The molecule has 2 aromatic rings. The Balaban J connectivity index is 1.79. The maximum atomic E-state index is 4.63. The zero-order chi connectivity index (χ0) is 10.8. The summed E-state index contributed by atoms with van der Waals surface area (Å²) >= 11 is 0. The van der Waals surface area contributed by atoms with Crippen molar-refractivity contribution in [1.29, 1.82) is 0 Å². The van der Waals surface area contributed by atoms with Crippen LogP contribution in [0.1, 0.15) is 25.0 Å². The highest BCUT2D eigenvalue weighted by Crippen LogP contribution is 2.58. The van der Waals surface area contributed by atoms with Crippen LogP contribution in [0.25, 0.3) is 5.52 Å². The van der Waals surface area contributed by atoms with Crippen LogP contribution in [0.15, 0.2) is 24.4 Å². The summed E-state index contributed by atoms with van der Waals surface area (Å²) in [6, 6.07) is 6.24. The van der Waals surface area contributed by atoms with Gasteiger partial charge >= 0.3 is 0 Å². The van der Waals surface area contributed by atoms with Crippen molar-refractivity contribution < 1.29 is 0 Å². The number of rotatable bonds is 2. The van der Waals surface area contributed by atoms with E-state index < -0.39 is 0 Å². The summed E-state index contributed by atoms with van der Waals surface area (Å²) in [5, 5.41) is 3.64. The molecule has 16 heavy (non-hydrogen) atoms. The molecule has 0 aromatic carbocycles. The molecule has 2 bridgehead atoms. The smallest absolute Gasteiger partial charge is 0.208 e. The van der Waals surface area contributed by atoms with Crippen molar-refractivity contribution in [2.75, 3.05) is 5.32 Å². The Kier molecular flexibility index (Phi) is 1.40. The Hall–Kier alpha value is -1.51. The monoisotopic (exact) mass is 213 g/mol. The molecular weight excluding hydrogens is 198 g/mol. The van der Waals surface area contributed by atoms with Gasteiger partial charge in [0.25, 0.3) is 0 Å². The fraction of sp³-hybridized carbons (Fsp3) is 0.462. The number of pyridine rings is 1. The Morgan fingerprint density at radius 2 is 2.19 bits per heavy atom. The zero-order valence-corrected chi connectivity index (χ0v) is 9.40. The normalized spacial score (nSPS) is 30.9. The highest BCUT2D eigenvalue weighted by Gasteiger charge is 2.57. The van der Waals surface area contributed by atoms with Gasteiger partial charge < -0.3 is 5.32 Å². The molecule has 1 N–H and O–H groups in total. The van der Waals surface area contributed by atoms with Crippen LogP contribution < -0.4 is 5.32 Å². The van der Waals surface area contributed by atoms with Gasteiger partial charge in [-0.05, 0) is 44.2 Å². The molecule has 2 aromatic heterocycles. The van der Waals surface area contributed by atoms with E-state index in [0.29, 0.717) is 5.54 Å². The Morgan fingerprint density at radius 1 is 1.38 bits per heavy atom. The van der Waals surface area contributed by atoms with E-state index in [4.69, 9.17) is 0 Å². The van der Waals surface area contributed by atoms with Crippen molar-refractivity contribution in [3.05, 3.63) is 30.1 Å². The van der Waals surface area contributed by atoms with Gasteiger partial charge in [-0.1, -0.05) is 6.07 Å². The first kappa shape index (κ1) is 8.62. The van der Waals surface area contributed by atoms with E-state index in [0.717, 1.165) is 17.6 Å². The van der Waals surface area contributed by atoms with Gasteiger partial charge in [0.15, 0.2) is 0 Å². The van der Waals surface area contributed by atoms with Crippen molar-refractivity contribution in [2.45, 2.75) is 31.7 Å². The Labute approximate surface area is 94.5 Å². The first-order valence-corrected chi connectivity index (χ1v) is 5.98. The molecule has 82 valence electrons. The molecule has 0 unspecified atom stereocenters. The number of anilines is 1. The van der Waals surface area contributed by atoms with Gasteiger partial charge in [0.05, 0.1) is 11.2 Å². The zero-order valence-electron chi connectivity index (χ0n) is 9.40. The van der Waals surface area contributed by atoms with E-state index in [2.05, 4.69) is 46.0 Å². The topological polar surface area (TPSA) is 29.3 Å². The summed E-state index contributed by atoms with van der Waals surface area (Å²) in [5.41, 5.74) is 2.71. The van der Waals surface area contributed by atoms with Crippen LogP contribution >= 0.6 is 0 Å². The highest BCUT2D eigenvalue weighted by atomic mass is 15.2. The minimum absolute atomic E-state index is 0.397. The lowest BCUT2D eigenvalue weighted by molar-refractivity contribution is 0.00142. The largest absolute Gasteiger partial charge is 0.350 e. The lowest BCUT2D eigenvalue weighted by atomic mass is 9.50. The van der Waals surface area contributed by atoms with Crippen molar-refractivity contribution in [1.82, 2.24) is 9.38 Å². The molecule has 0 amide bonds. The quantitative estimate of drug-likeness (QED) is 0.831. The summed E-state index contributed by atoms with van der Waals surface area (Å²) in [7, 11) is 0. The molecule has 0 atom stereocenters. The van der Waals surface area contributed by atoms with Crippen molar-refractivity contribution >= 4 is 11.5 Å². The minimum atomic E-state index is 0.397. The van der Waals surface area contributed by atoms with Gasteiger partial charge in [0, 0.05) is 11.7 Å². The van der Waals surface area contributed by atoms with E-state index in [1.54, 1.807) is 0 Å². The number of aromatic nitrogens is 2. The van der Waals surface area contributed by atoms with Gasteiger partial charge in [0.1, 0.15) is 0 Å². The van der Waals surface area contributed by atoms with Gasteiger partial charge in [-0.25, -0.2) is 4.98 Å². The van der Waals surface area contributed by atoms with Crippen molar-refractivity contribution in [3.63, 3.8) is 0 Å². The summed E-state index contributed by atoms with van der Waals surface area (Å²) < 4.78 is 2.16. The average molecular weight is 213 g/mol. The molecular formula is C13H15N3. The van der Waals surface area contributed by atoms with Crippen LogP contribution in [0, 0.1) is 12.8 Å². The second kappa shape index (κ2) is 2.59. The summed E-state index contributed by atoms with van der Waals surface area (Å²) in [6.07, 6.45) is 6.11. The number of imidazole rings is 1. The number of hydrogen-bond donors (Lipinski definition) is 1. The van der Waals surface area contributed by atoms with Crippen LogP contribution in [-0.2, 0) is 0 Å². The SMILES string of the molecule is Cc1nc(NC23CC(C2)C3)n2ccccc12. The second-order valence-electron chi connectivity index (χ2n) is 5.36. The lowest BCUT2D eigenvalue weighted by Gasteiger charge is -2.61. The summed E-state index contributed by atoms with van der Waals surface area (Å²) in [5.74, 6) is 2.02. The van der Waals surface area contributed by atoms with E-state index >= 15 is 0 Å². The molecule has 0 saturated heterocycles. The molecule has 3 fully saturated rings. The van der Waals surface area contributed by atoms with Crippen LogP contribution in [0.2, 0.25) is 0 Å². The number of nitrogens with zero attached hydrogens (tertiary/aromatic N) is 2. The number of aryl methyl sites for hydroxylation is 1. The minimum Gasteiger partial charge on any atom is -0.350 e. The predicted molar refractivity (Wildman–Crippen MR) is 63.6 cm³/mol. The molecule has 3 aliphatic carbocycles.